The normalized spacial score (nSPS) is 10.6. The monoisotopic (exact) mass is 236 g/mol. The van der Waals surface area contributed by atoms with Crippen LogP contribution in [0, 0.1) is 0 Å². The lowest BCUT2D eigenvalue weighted by Crippen LogP contribution is -1.90. The molecule has 0 radical (unpaired) electrons. The largest absolute Gasteiger partial charge is 0.367 e. The van der Waals surface area contributed by atoms with E-state index in [1.807, 2.05) is 24.3 Å². The molecule has 0 aliphatic carbocycles. The third kappa shape index (κ3) is 2.04. The third-order valence-electron chi connectivity index (χ3n) is 2.41. The van der Waals surface area contributed by atoms with Gasteiger partial charge in [-0.25, -0.2) is 0 Å². The summed E-state index contributed by atoms with van der Waals surface area (Å²) in [5.41, 5.74) is 8.56. The van der Waals surface area contributed by atoms with Crippen LogP contribution in [-0.4, -0.2) is 5.16 Å². The van der Waals surface area contributed by atoms with Crippen molar-refractivity contribution in [3.05, 3.63) is 35.0 Å². The molecule has 0 bridgehead atoms. The SMILES string of the molecule is CCCc1noc(N)c1-c1ccc(Cl)cc1. The summed E-state index contributed by atoms with van der Waals surface area (Å²) in [6, 6.07) is 7.51. The van der Waals surface area contributed by atoms with E-state index < -0.39 is 0 Å². The van der Waals surface area contributed by atoms with Gasteiger partial charge in [0, 0.05) is 5.02 Å². The topological polar surface area (TPSA) is 52.0 Å². The first kappa shape index (κ1) is 11.0. The maximum absolute atomic E-state index is 5.84. The molecular weight excluding hydrogens is 224 g/mol. The summed E-state index contributed by atoms with van der Waals surface area (Å²) >= 11 is 5.84. The Bertz CT molecular complexity index is 476. The molecule has 1 heterocycles. The van der Waals surface area contributed by atoms with E-state index in [1.54, 1.807) is 0 Å². The van der Waals surface area contributed by atoms with Crippen LogP contribution in [0.4, 0.5) is 5.88 Å². The average Bonchev–Trinajstić information content (AvgIpc) is 2.62. The second-order valence-corrected chi connectivity index (χ2v) is 4.06. The molecule has 3 nitrogen and oxygen atoms in total. The number of hydrogen-bond acceptors (Lipinski definition) is 3. The van der Waals surface area contributed by atoms with Crippen LogP contribution in [0.1, 0.15) is 19.0 Å². The Morgan fingerprint density at radius 3 is 2.62 bits per heavy atom. The van der Waals surface area contributed by atoms with Crippen LogP contribution in [0.2, 0.25) is 5.02 Å². The first-order valence-corrected chi connectivity index (χ1v) is 5.60. The van der Waals surface area contributed by atoms with Crippen molar-refractivity contribution in [2.45, 2.75) is 19.8 Å². The zero-order valence-corrected chi connectivity index (χ0v) is 9.79. The highest BCUT2D eigenvalue weighted by molar-refractivity contribution is 6.30. The van der Waals surface area contributed by atoms with Gasteiger partial charge in [-0.1, -0.05) is 42.2 Å². The maximum Gasteiger partial charge on any atom is 0.230 e. The predicted molar refractivity (Wildman–Crippen MR) is 65.4 cm³/mol. The lowest BCUT2D eigenvalue weighted by atomic mass is 10.0. The number of nitrogen functional groups attached to an aromatic ring is 1. The molecule has 1 aromatic heterocycles. The van der Waals surface area contributed by atoms with Gasteiger partial charge >= 0.3 is 0 Å². The molecule has 0 unspecified atom stereocenters. The van der Waals surface area contributed by atoms with E-state index in [2.05, 4.69) is 12.1 Å². The lowest BCUT2D eigenvalue weighted by molar-refractivity contribution is 0.427. The fourth-order valence-electron chi connectivity index (χ4n) is 1.67. The summed E-state index contributed by atoms with van der Waals surface area (Å²) in [6.45, 7) is 2.09. The Balaban J connectivity index is 2.45. The fraction of sp³-hybridized carbons (Fsp3) is 0.250. The van der Waals surface area contributed by atoms with E-state index in [1.165, 1.54) is 0 Å². The predicted octanol–water partition coefficient (Wildman–Crippen LogP) is 3.53. The van der Waals surface area contributed by atoms with Crippen molar-refractivity contribution in [2.75, 3.05) is 5.73 Å². The first-order chi connectivity index (χ1) is 7.72. The van der Waals surface area contributed by atoms with Gasteiger partial charge in [-0.3, -0.25) is 0 Å². The highest BCUT2D eigenvalue weighted by Gasteiger charge is 2.14. The second kappa shape index (κ2) is 4.58. The molecule has 0 atom stereocenters. The van der Waals surface area contributed by atoms with Crippen molar-refractivity contribution in [1.29, 1.82) is 0 Å². The number of aromatic nitrogens is 1. The molecule has 4 heteroatoms. The summed E-state index contributed by atoms with van der Waals surface area (Å²) in [4.78, 5) is 0. The maximum atomic E-state index is 5.84. The molecule has 0 aliphatic rings. The van der Waals surface area contributed by atoms with E-state index in [0.717, 1.165) is 29.7 Å². The number of aryl methyl sites for hydroxylation is 1. The number of anilines is 1. The zero-order valence-electron chi connectivity index (χ0n) is 9.03. The minimum atomic E-state index is 0.366. The number of benzene rings is 1. The Kier molecular flexibility index (Phi) is 3.15. The fourth-order valence-corrected chi connectivity index (χ4v) is 1.80. The summed E-state index contributed by atoms with van der Waals surface area (Å²) in [7, 11) is 0. The highest BCUT2D eigenvalue weighted by atomic mass is 35.5. The number of rotatable bonds is 3. The van der Waals surface area contributed by atoms with E-state index in [-0.39, 0.29) is 0 Å². The zero-order chi connectivity index (χ0) is 11.5. The van der Waals surface area contributed by atoms with Crippen molar-refractivity contribution < 1.29 is 4.52 Å². The smallest absolute Gasteiger partial charge is 0.230 e. The van der Waals surface area contributed by atoms with Crippen LogP contribution < -0.4 is 5.73 Å². The molecule has 0 spiro atoms. The molecule has 1 aromatic carbocycles. The van der Waals surface area contributed by atoms with E-state index >= 15 is 0 Å². The van der Waals surface area contributed by atoms with Gasteiger partial charge in [0.25, 0.3) is 0 Å². The van der Waals surface area contributed by atoms with Gasteiger partial charge in [-0.15, -0.1) is 0 Å². The summed E-state index contributed by atoms with van der Waals surface area (Å²) in [5, 5.41) is 4.68. The Hall–Kier alpha value is -1.48. The number of hydrogen-bond donors (Lipinski definition) is 1. The molecule has 0 aliphatic heterocycles. The van der Waals surface area contributed by atoms with Gasteiger partial charge in [-0.05, 0) is 24.1 Å². The summed E-state index contributed by atoms with van der Waals surface area (Å²) in [5.74, 6) is 0.366. The lowest BCUT2D eigenvalue weighted by Gasteiger charge is -2.01. The summed E-state index contributed by atoms with van der Waals surface area (Å²) in [6.07, 6.45) is 1.87. The van der Waals surface area contributed by atoms with Crippen LogP contribution >= 0.6 is 11.6 Å². The van der Waals surface area contributed by atoms with Crippen molar-refractivity contribution in [2.24, 2.45) is 0 Å². The van der Waals surface area contributed by atoms with Crippen LogP contribution in [0.15, 0.2) is 28.8 Å². The third-order valence-corrected chi connectivity index (χ3v) is 2.66. The Labute approximate surface area is 99.2 Å². The van der Waals surface area contributed by atoms with Crippen LogP contribution in [0.25, 0.3) is 11.1 Å². The molecule has 84 valence electrons. The standard InChI is InChI=1S/C12H13ClN2O/c1-2-3-10-11(12(14)16-15-10)8-4-6-9(13)7-5-8/h4-7H,2-3,14H2,1H3. The van der Waals surface area contributed by atoms with Gasteiger partial charge in [0.2, 0.25) is 5.88 Å². The molecule has 0 fully saturated rings. The van der Waals surface area contributed by atoms with Gasteiger partial charge in [0.1, 0.15) is 0 Å². The quantitative estimate of drug-likeness (QED) is 0.887. The highest BCUT2D eigenvalue weighted by Crippen LogP contribution is 2.31. The van der Waals surface area contributed by atoms with Gasteiger partial charge in [-0.2, -0.15) is 0 Å². The minimum Gasteiger partial charge on any atom is -0.367 e. The molecule has 2 aromatic rings. The molecule has 2 N–H and O–H groups in total. The Morgan fingerprint density at radius 2 is 2.00 bits per heavy atom. The number of nitrogens with zero attached hydrogens (tertiary/aromatic N) is 1. The number of nitrogens with two attached hydrogens (primary N) is 1. The van der Waals surface area contributed by atoms with Gasteiger partial charge in [0.15, 0.2) is 0 Å². The van der Waals surface area contributed by atoms with Crippen LogP contribution in [0.5, 0.6) is 0 Å². The second-order valence-electron chi connectivity index (χ2n) is 3.63. The van der Waals surface area contributed by atoms with Crippen molar-refractivity contribution >= 4 is 17.5 Å². The van der Waals surface area contributed by atoms with Gasteiger partial charge < -0.3 is 10.3 Å². The summed E-state index contributed by atoms with van der Waals surface area (Å²) < 4.78 is 5.03. The minimum absolute atomic E-state index is 0.366. The molecular formula is C12H13ClN2O. The van der Waals surface area contributed by atoms with Crippen molar-refractivity contribution in [1.82, 2.24) is 5.16 Å². The molecule has 0 amide bonds. The van der Waals surface area contributed by atoms with Crippen molar-refractivity contribution in [3.63, 3.8) is 0 Å². The molecule has 2 rings (SSSR count). The van der Waals surface area contributed by atoms with E-state index in [4.69, 9.17) is 21.9 Å². The van der Waals surface area contributed by atoms with E-state index in [0.29, 0.717) is 10.9 Å². The Morgan fingerprint density at radius 1 is 1.31 bits per heavy atom. The number of halogens is 1. The molecule has 0 saturated carbocycles. The molecule has 16 heavy (non-hydrogen) atoms. The van der Waals surface area contributed by atoms with Crippen LogP contribution in [0.3, 0.4) is 0 Å². The average molecular weight is 237 g/mol. The van der Waals surface area contributed by atoms with Crippen molar-refractivity contribution in [3.8, 4) is 11.1 Å². The molecule has 0 saturated heterocycles. The van der Waals surface area contributed by atoms with Crippen LogP contribution in [-0.2, 0) is 6.42 Å². The van der Waals surface area contributed by atoms with E-state index in [9.17, 15) is 0 Å². The first-order valence-electron chi connectivity index (χ1n) is 5.22. The van der Waals surface area contributed by atoms with Gasteiger partial charge in [0.05, 0.1) is 11.3 Å².